The van der Waals surface area contributed by atoms with Crippen molar-refractivity contribution < 1.29 is 4.79 Å². The third-order valence-electron chi connectivity index (χ3n) is 6.66. The summed E-state index contributed by atoms with van der Waals surface area (Å²) in [6.07, 6.45) is 9.88. The number of amides is 1. The van der Waals surface area contributed by atoms with Gasteiger partial charge in [0.25, 0.3) is 0 Å². The summed E-state index contributed by atoms with van der Waals surface area (Å²) >= 11 is 0. The van der Waals surface area contributed by atoms with Gasteiger partial charge in [-0.25, -0.2) is 0 Å². The summed E-state index contributed by atoms with van der Waals surface area (Å²) in [7, 11) is 0. The molecule has 0 bridgehead atoms. The van der Waals surface area contributed by atoms with Crippen molar-refractivity contribution in [3.63, 3.8) is 0 Å². The summed E-state index contributed by atoms with van der Waals surface area (Å²) in [6, 6.07) is 0. The van der Waals surface area contributed by atoms with Crippen molar-refractivity contribution in [2.75, 3.05) is 19.6 Å². The summed E-state index contributed by atoms with van der Waals surface area (Å²) in [5.74, 6) is 3.99. The lowest BCUT2D eigenvalue weighted by molar-refractivity contribution is -0.136. The molecular formula is C20H33N5O. The quantitative estimate of drug-likeness (QED) is 0.898. The minimum atomic E-state index is 0.182. The number of fused-ring (bicyclic) bond motifs is 1. The normalized spacial score (nSPS) is 23.7. The van der Waals surface area contributed by atoms with Gasteiger partial charge in [-0.2, -0.15) is 0 Å². The Bertz CT molecular complexity index is 614. The van der Waals surface area contributed by atoms with Crippen LogP contribution in [0.4, 0.5) is 0 Å². The van der Waals surface area contributed by atoms with Gasteiger partial charge in [-0.15, -0.1) is 10.2 Å². The van der Waals surface area contributed by atoms with Crippen LogP contribution < -0.4 is 5.32 Å². The molecule has 1 unspecified atom stereocenters. The van der Waals surface area contributed by atoms with E-state index in [4.69, 9.17) is 0 Å². The van der Waals surface area contributed by atoms with Gasteiger partial charge in [-0.3, -0.25) is 4.79 Å². The second-order valence-electron chi connectivity index (χ2n) is 8.54. The van der Waals surface area contributed by atoms with Gasteiger partial charge in [0.15, 0.2) is 0 Å². The van der Waals surface area contributed by atoms with Crippen LogP contribution in [0.25, 0.3) is 0 Å². The van der Waals surface area contributed by atoms with Crippen LogP contribution in [0.1, 0.15) is 75.9 Å². The van der Waals surface area contributed by atoms with Gasteiger partial charge in [-0.1, -0.05) is 39.0 Å². The predicted molar refractivity (Wildman–Crippen MR) is 101 cm³/mol. The highest BCUT2D eigenvalue weighted by molar-refractivity contribution is 5.78. The fraction of sp³-hybridized carbons (Fsp3) is 0.850. The predicted octanol–water partition coefficient (Wildman–Crippen LogP) is 2.69. The standard InChI is InChI=1S/C20H33N5O/c1-15(13-16-5-3-2-4-6-16)20(26)24-10-7-17(8-11-24)19-23-22-18-14-21-9-12-25(18)19/h15-17,21H,2-14H2,1H3. The molecule has 4 rings (SSSR count). The topological polar surface area (TPSA) is 63.1 Å². The molecule has 3 heterocycles. The molecule has 6 nitrogen and oxygen atoms in total. The molecule has 1 amide bonds. The van der Waals surface area contributed by atoms with Crippen LogP contribution in [0.15, 0.2) is 0 Å². The van der Waals surface area contributed by atoms with E-state index in [9.17, 15) is 4.79 Å². The van der Waals surface area contributed by atoms with Crippen molar-refractivity contribution in [1.29, 1.82) is 0 Å². The summed E-state index contributed by atoms with van der Waals surface area (Å²) in [5, 5.41) is 12.2. The van der Waals surface area contributed by atoms with Crippen molar-refractivity contribution >= 4 is 5.91 Å². The molecule has 26 heavy (non-hydrogen) atoms. The maximum absolute atomic E-state index is 12.9. The van der Waals surface area contributed by atoms with E-state index in [0.29, 0.717) is 11.8 Å². The van der Waals surface area contributed by atoms with E-state index < -0.39 is 0 Å². The molecule has 0 radical (unpaired) electrons. The molecule has 1 aromatic heterocycles. The Labute approximate surface area is 156 Å². The number of nitrogens with zero attached hydrogens (tertiary/aromatic N) is 4. The maximum Gasteiger partial charge on any atom is 0.225 e. The number of piperidine rings is 1. The second-order valence-corrected chi connectivity index (χ2v) is 8.54. The van der Waals surface area contributed by atoms with Crippen molar-refractivity contribution in [3.8, 4) is 0 Å². The number of rotatable bonds is 4. The number of likely N-dealkylation sites (tertiary alicyclic amines) is 1. The Morgan fingerprint density at radius 3 is 2.65 bits per heavy atom. The van der Waals surface area contributed by atoms with Crippen LogP contribution in [-0.2, 0) is 17.9 Å². The largest absolute Gasteiger partial charge is 0.342 e. The summed E-state index contributed by atoms with van der Waals surface area (Å²) < 4.78 is 2.30. The molecule has 1 atom stereocenters. The van der Waals surface area contributed by atoms with E-state index in [1.54, 1.807) is 0 Å². The third-order valence-corrected chi connectivity index (χ3v) is 6.66. The van der Waals surface area contributed by atoms with Gasteiger partial charge in [0.05, 0.1) is 6.54 Å². The first kappa shape index (κ1) is 18.0. The fourth-order valence-electron chi connectivity index (χ4n) is 5.11. The minimum absolute atomic E-state index is 0.182. The van der Waals surface area contributed by atoms with Crippen LogP contribution in [0.5, 0.6) is 0 Å². The van der Waals surface area contributed by atoms with Crippen LogP contribution in [0.2, 0.25) is 0 Å². The van der Waals surface area contributed by atoms with Gasteiger partial charge >= 0.3 is 0 Å². The second kappa shape index (κ2) is 8.07. The number of aromatic nitrogens is 3. The molecule has 144 valence electrons. The SMILES string of the molecule is CC(CC1CCCCC1)C(=O)N1CCC(c2nnc3n2CCNC3)CC1. The highest BCUT2D eigenvalue weighted by atomic mass is 16.2. The maximum atomic E-state index is 12.9. The van der Waals surface area contributed by atoms with Crippen molar-refractivity contribution in [2.45, 2.75) is 77.3 Å². The summed E-state index contributed by atoms with van der Waals surface area (Å²) in [5.41, 5.74) is 0. The van der Waals surface area contributed by atoms with Crippen LogP contribution >= 0.6 is 0 Å². The zero-order chi connectivity index (χ0) is 17.9. The highest BCUT2D eigenvalue weighted by Gasteiger charge is 2.31. The number of hydrogen-bond acceptors (Lipinski definition) is 4. The molecule has 1 saturated heterocycles. The lowest BCUT2D eigenvalue weighted by Crippen LogP contribution is -2.41. The van der Waals surface area contributed by atoms with E-state index in [0.717, 1.165) is 69.6 Å². The number of hydrogen-bond donors (Lipinski definition) is 1. The third kappa shape index (κ3) is 3.80. The Balaban J connectivity index is 1.30. The average molecular weight is 360 g/mol. The average Bonchev–Trinajstić information content (AvgIpc) is 3.12. The van der Waals surface area contributed by atoms with E-state index in [1.165, 1.54) is 32.1 Å². The number of carbonyl (C=O) groups excluding carboxylic acids is 1. The monoisotopic (exact) mass is 359 g/mol. The minimum Gasteiger partial charge on any atom is -0.342 e. The summed E-state index contributed by atoms with van der Waals surface area (Å²) in [6.45, 7) is 6.68. The smallest absolute Gasteiger partial charge is 0.225 e. The molecule has 3 aliphatic rings. The van der Waals surface area contributed by atoms with Gasteiger partial charge in [0.1, 0.15) is 11.6 Å². The highest BCUT2D eigenvalue weighted by Crippen LogP contribution is 2.32. The first-order valence-electron chi connectivity index (χ1n) is 10.6. The van der Waals surface area contributed by atoms with Crippen LogP contribution in [0.3, 0.4) is 0 Å². The van der Waals surface area contributed by atoms with E-state index >= 15 is 0 Å². The zero-order valence-electron chi connectivity index (χ0n) is 16.1. The van der Waals surface area contributed by atoms with Crippen LogP contribution in [0, 0.1) is 11.8 Å². The number of carbonyl (C=O) groups is 1. The van der Waals surface area contributed by atoms with Crippen molar-refractivity contribution in [2.24, 2.45) is 11.8 Å². The Kier molecular flexibility index (Phi) is 5.57. The van der Waals surface area contributed by atoms with Gasteiger partial charge in [0, 0.05) is 38.0 Å². The van der Waals surface area contributed by atoms with Crippen molar-refractivity contribution in [1.82, 2.24) is 25.0 Å². The molecule has 2 aliphatic heterocycles. The lowest BCUT2D eigenvalue weighted by Gasteiger charge is -2.34. The van der Waals surface area contributed by atoms with Crippen LogP contribution in [-0.4, -0.2) is 45.2 Å². The summed E-state index contributed by atoms with van der Waals surface area (Å²) in [4.78, 5) is 15.0. The first-order valence-corrected chi connectivity index (χ1v) is 10.6. The Morgan fingerprint density at radius 2 is 1.88 bits per heavy atom. The van der Waals surface area contributed by atoms with Crippen molar-refractivity contribution in [3.05, 3.63) is 11.6 Å². The Hall–Kier alpha value is -1.43. The molecule has 1 N–H and O–H groups in total. The fourth-order valence-corrected chi connectivity index (χ4v) is 5.11. The van der Waals surface area contributed by atoms with Gasteiger partial charge < -0.3 is 14.8 Å². The molecule has 1 aromatic rings. The molecule has 0 spiro atoms. The molecule has 1 saturated carbocycles. The molecule has 2 fully saturated rings. The number of nitrogens with one attached hydrogen (secondary N) is 1. The molecular weight excluding hydrogens is 326 g/mol. The molecule has 6 heteroatoms. The van der Waals surface area contributed by atoms with Gasteiger partial charge in [0.2, 0.25) is 5.91 Å². The first-order chi connectivity index (χ1) is 12.7. The lowest BCUT2D eigenvalue weighted by atomic mass is 9.82. The van der Waals surface area contributed by atoms with E-state index in [-0.39, 0.29) is 5.92 Å². The zero-order valence-corrected chi connectivity index (χ0v) is 16.1. The molecule has 1 aliphatic carbocycles. The molecule has 0 aromatic carbocycles. The van der Waals surface area contributed by atoms with E-state index in [1.807, 2.05) is 0 Å². The van der Waals surface area contributed by atoms with E-state index in [2.05, 4.69) is 31.9 Å². The Morgan fingerprint density at radius 1 is 1.12 bits per heavy atom. The van der Waals surface area contributed by atoms with Gasteiger partial charge in [-0.05, 0) is 25.2 Å².